The summed E-state index contributed by atoms with van der Waals surface area (Å²) in [5, 5.41) is 5.63. The third-order valence-corrected chi connectivity index (χ3v) is 4.80. The number of esters is 1. The first-order valence-electron chi connectivity index (χ1n) is 8.83. The minimum atomic E-state index is -0.488. The van der Waals surface area contributed by atoms with Crippen LogP contribution in [-0.4, -0.2) is 23.8 Å². The van der Waals surface area contributed by atoms with Crippen molar-refractivity contribution < 1.29 is 23.5 Å². The third kappa shape index (κ3) is 6.11. The summed E-state index contributed by atoms with van der Waals surface area (Å²) in [6, 6.07) is 12.6. The molecular weight excluding hydrogens is 395 g/mol. The highest BCUT2D eigenvalue weighted by Gasteiger charge is 2.11. The molecule has 3 rings (SSSR count). The van der Waals surface area contributed by atoms with Gasteiger partial charge in [-0.3, -0.25) is 9.59 Å². The van der Waals surface area contributed by atoms with Crippen LogP contribution in [0.4, 0.5) is 15.2 Å². The van der Waals surface area contributed by atoms with Crippen molar-refractivity contribution in [3.63, 3.8) is 0 Å². The highest BCUT2D eigenvalue weighted by atomic mass is 32.1. The highest BCUT2D eigenvalue weighted by molar-refractivity contribution is 7.13. The topological polar surface area (TPSA) is 77.5 Å². The smallest absolute Gasteiger partial charge is 0.306 e. The minimum Gasteiger partial charge on any atom is -0.497 e. The molecule has 6 nitrogen and oxygen atoms in total. The number of ether oxygens (including phenoxy) is 2. The second-order valence-corrected chi connectivity index (χ2v) is 6.95. The van der Waals surface area contributed by atoms with Crippen molar-refractivity contribution in [2.75, 3.05) is 12.4 Å². The molecule has 0 saturated heterocycles. The molecule has 0 aliphatic rings. The quantitative estimate of drug-likeness (QED) is 0.403. The van der Waals surface area contributed by atoms with E-state index in [-0.39, 0.29) is 25.2 Å². The highest BCUT2D eigenvalue weighted by Crippen LogP contribution is 2.23. The van der Waals surface area contributed by atoms with E-state index in [4.69, 9.17) is 9.47 Å². The summed E-state index contributed by atoms with van der Waals surface area (Å²) < 4.78 is 23.2. The SMILES string of the molecule is COc1ccc(Nc2nc(COC(=O)CCC(=O)c3ccc(F)cc3)cs2)cc1. The first kappa shape index (κ1) is 20.5. The molecule has 1 N–H and O–H groups in total. The first-order chi connectivity index (χ1) is 14.0. The molecule has 3 aromatic rings. The Morgan fingerprint density at radius 2 is 1.79 bits per heavy atom. The summed E-state index contributed by atoms with van der Waals surface area (Å²) in [4.78, 5) is 28.2. The van der Waals surface area contributed by atoms with Crippen LogP contribution in [0.5, 0.6) is 5.75 Å². The summed E-state index contributed by atoms with van der Waals surface area (Å²) in [6.45, 7) is 0.0321. The van der Waals surface area contributed by atoms with Crippen LogP contribution in [0, 0.1) is 5.82 Å². The zero-order chi connectivity index (χ0) is 20.6. The number of nitrogens with one attached hydrogen (secondary N) is 1. The van der Waals surface area contributed by atoms with E-state index in [1.54, 1.807) is 12.5 Å². The summed E-state index contributed by atoms with van der Waals surface area (Å²) in [6.07, 6.45) is -0.0386. The van der Waals surface area contributed by atoms with Crippen LogP contribution in [-0.2, 0) is 16.1 Å². The van der Waals surface area contributed by atoms with Gasteiger partial charge in [-0.2, -0.15) is 0 Å². The molecule has 0 fully saturated rings. The molecule has 0 aliphatic heterocycles. The number of Topliss-reactive ketones (excluding diaryl/α,β-unsaturated/α-hetero) is 1. The van der Waals surface area contributed by atoms with E-state index in [9.17, 15) is 14.0 Å². The first-order valence-corrected chi connectivity index (χ1v) is 9.71. The molecule has 0 aliphatic carbocycles. The summed E-state index contributed by atoms with van der Waals surface area (Å²) in [7, 11) is 1.61. The fourth-order valence-corrected chi connectivity index (χ4v) is 3.17. The zero-order valence-electron chi connectivity index (χ0n) is 15.7. The second-order valence-electron chi connectivity index (χ2n) is 6.09. The van der Waals surface area contributed by atoms with Gasteiger partial charge in [-0.15, -0.1) is 11.3 Å². The van der Waals surface area contributed by atoms with Crippen LogP contribution < -0.4 is 10.1 Å². The molecule has 150 valence electrons. The van der Waals surface area contributed by atoms with Crippen molar-refractivity contribution >= 4 is 33.9 Å². The molecule has 0 bridgehead atoms. The van der Waals surface area contributed by atoms with Gasteiger partial charge in [0.15, 0.2) is 10.9 Å². The van der Waals surface area contributed by atoms with E-state index in [2.05, 4.69) is 10.3 Å². The predicted octanol–water partition coefficient (Wildman–Crippen LogP) is 4.74. The number of nitrogens with zero attached hydrogens (tertiary/aromatic N) is 1. The van der Waals surface area contributed by atoms with Gasteiger partial charge in [-0.25, -0.2) is 9.37 Å². The summed E-state index contributed by atoms with van der Waals surface area (Å²) in [5.41, 5.74) is 1.85. The maximum atomic E-state index is 12.9. The van der Waals surface area contributed by atoms with Crippen LogP contribution in [0.1, 0.15) is 28.9 Å². The third-order valence-electron chi connectivity index (χ3n) is 4.00. The number of rotatable bonds is 9. The number of hydrogen-bond acceptors (Lipinski definition) is 7. The molecule has 1 heterocycles. The number of methoxy groups -OCH3 is 1. The number of carbonyl (C=O) groups excluding carboxylic acids is 2. The summed E-state index contributed by atoms with van der Waals surface area (Å²) >= 11 is 1.39. The average Bonchev–Trinajstić information content (AvgIpc) is 3.19. The minimum absolute atomic E-state index is 0.00576. The Morgan fingerprint density at radius 3 is 2.48 bits per heavy atom. The Labute approximate surface area is 171 Å². The Kier molecular flexibility index (Phi) is 6.91. The lowest BCUT2D eigenvalue weighted by molar-refractivity contribution is -0.145. The van der Waals surface area contributed by atoms with Crippen LogP contribution in [0.15, 0.2) is 53.9 Å². The molecule has 2 aromatic carbocycles. The van der Waals surface area contributed by atoms with Crippen LogP contribution in [0.25, 0.3) is 0 Å². The van der Waals surface area contributed by atoms with Crippen LogP contribution in [0.3, 0.4) is 0 Å². The van der Waals surface area contributed by atoms with Gasteiger partial charge in [-0.05, 0) is 48.5 Å². The second kappa shape index (κ2) is 9.79. The number of halogens is 1. The van der Waals surface area contributed by atoms with E-state index in [1.165, 1.54) is 35.6 Å². The van der Waals surface area contributed by atoms with Crippen molar-refractivity contribution in [3.05, 3.63) is 71.0 Å². The van der Waals surface area contributed by atoms with Crippen molar-refractivity contribution in [2.45, 2.75) is 19.4 Å². The molecule has 29 heavy (non-hydrogen) atoms. The monoisotopic (exact) mass is 414 g/mol. The normalized spacial score (nSPS) is 10.4. The number of aromatic nitrogens is 1. The lowest BCUT2D eigenvalue weighted by Crippen LogP contribution is -2.08. The fourth-order valence-electron chi connectivity index (χ4n) is 2.45. The molecule has 0 atom stereocenters. The standard InChI is InChI=1S/C21H19FN2O4S/c1-27-18-8-6-16(7-9-18)23-21-24-17(13-29-21)12-28-20(26)11-10-19(25)14-2-4-15(22)5-3-14/h2-9,13H,10-12H2,1H3,(H,23,24). The number of hydrogen-bond donors (Lipinski definition) is 1. The predicted molar refractivity (Wildman–Crippen MR) is 108 cm³/mol. The van der Waals surface area contributed by atoms with E-state index in [1.807, 2.05) is 24.3 Å². The Balaban J connectivity index is 1.43. The van der Waals surface area contributed by atoms with Gasteiger partial charge in [0.1, 0.15) is 18.2 Å². The molecular formula is C21H19FN2O4S. The molecule has 1 aromatic heterocycles. The van der Waals surface area contributed by atoms with Gasteiger partial charge in [-0.1, -0.05) is 0 Å². The van der Waals surface area contributed by atoms with Crippen LogP contribution >= 0.6 is 11.3 Å². The van der Waals surface area contributed by atoms with E-state index < -0.39 is 11.8 Å². The number of thiazole rings is 1. The molecule has 0 spiro atoms. The molecule has 0 unspecified atom stereocenters. The molecule has 0 amide bonds. The molecule has 0 radical (unpaired) electrons. The van der Waals surface area contributed by atoms with Crippen molar-refractivity contribution in [1.29, 1.82) is 0 Å². The fraction of sp³-hybridized carbons (Fsp3) is 0.190. The lowest BCUT2D eigenvalue weighted by atomic mass is 10.1. The average molecular weight is 414 g/mol. The Morgan fingerprint density at radius 1 is 1.07 bits per heavy atom. The molecule has 0 saturated carbocycles. The van der Waals surface area contributed by atoms with Gasteiger partial charge in [0.25, 0.3) is 0 Å². The Bertz CT molecular complexity index is 971. The van der Waals surface area contributed by atoms with Gasteiger partial charge in [0, 0.05) is 23.1 Å². The number of carbonyl (C=O) groups is 2. The van der Waals surface area contributed by atoms with Gasteiger partial charge in [0.2, 0.25) is 0 Å². The summed E-state index contributed by atoms with van der Waals surface area (Å²) in [5.74, 6) is -0.370. The largest absolute Gasteiger partial charge is 0.497 e. The molecule has 8 heteroatoms. The van der Waals surface area contributed by atoms with Gasteiger partial charge >= 0.3 is 5.97 Å². The number of anilines is 2. The maximum Gasteiger partial charge on any atom is 0.306 e. The number of ketones is 1. The van der Waals surface area contributed by atoms with E-state index >= 15 is 0 Å². The zero-order valence-corrected chi connectivity index (χ0v) is 16.5. The maximum absolute atomic E-state index is 12.9. The van der Waals surface area contributed by atoms with Crippen molar-refractivity contribution in [3.8, 4) is 5.75 Å². The van der Waals surface area contributed by atoms with Gasteiger partial charge < -0.3 is 14.8 Å². The number of benzene rings is 2. The Hall–Kier alpha value is -3.26. The van der Waals surface area contributed by atoms with Crippen molar-refractivity contribution in [1.82, 2.24) is 4.98 Å². The van der Waals surface area contributed by atoms with E-state index in [0.29, 0.717) is 16.4 Å². The van der Waals surface area contributed by atoms with Crippen LogP contribution in [0.2, 0.25) is 0 Å². The van der Waals surface area contributed by atoms with Gasteiger partial charge in [0.05, 0.1) is 19.2 Å². The lowest BCUT2D eigenvalue weighted by Gasteiger charge is -2.04. The van der Waals surface area contributed by atoms with E-state index in [0.717, 1.165) is 11.4 Å². The van der Waals surface area contributed by atoms with Crippen molar-refractivity contribution in [2.24, 2.45) is 0 Å².